The van der Waals surface area contributed by atoms with E-state index in [0.717, 1.165) is 11.3 Å². The molecule has 0 aliphatic heterocycles. The standard InChI is InChI=1S/C22H20ClFN2O3/c1-28-21-11-15(13-25-17-6-4-5-16(23)12-17)9-10-20(21)29-14-22(27)26-19-8-3-2-7-18(19)24/h2-12,25H,13-14H2,1H3,(H,26,27). The smallest absolute Gasteiger partial charge is 0.262 e. The molecule has 2 N–H and O–H groups in total. The van der Waals surface area contributed by atoms with Crippen molar-refractivity contribution in [3.8, 4) is 11.5 Å². The van der Waals surface area contributed by atoms with Gasteiger partial charge >= 0.3 is 0 Å². The highest BCUT2D eigenvalue weighted by Gasteiger charge is 2.10. The second-order valence-corrected chi connectivity index (χ2v) is 6.60. The Balaban J connectivity index is 1.58. The molecule has 0 aliphatic rings. The molecule has 0 fully saturated rings. The van der Waals surface area contributed by atoms with Gasteiger partial charge in [0.25, 0.3) is 5.91 Å². The maximum absolute atomic E-state index is 13.6. The first-order valence-electron chi connectivity index (χ1n) is 8.88. The Morgan fingerprint density at radius 2 is 1.86 bits per heavy atom. The van der Waals surface area contributed by atoms with E-state index in [4.69, 9.17) is 21.1 Å². The molecule has 0 radical (unpaired) electrons. The lowest BCUT2D eigenvalue weighted by atomic mass is 10.2. The lowest BCUT2D eigenvalue weighted by molar-refractivity contribution is -0.118. The highest BCUT2D eigenvalue weighted by atomic mass is 35.5. The summed E-state index contributed by atoms with van der Waals surface area (Å²) in [5.74, 6) is -0.0596. The van der Waals surface area contributed by atoms with Crippen LogP contribution in [0.2, 0.25) is 5.02 Å². The molecule has 3 rings (SSSR count). The van der Waals surface area contributed by atoms with Crippen molar-refractivity contribution in [3.63, 3.8) is 0 Å². The summed E-state index contributed by atoms with van der Waals surface area (Å²) in [6.45, 7) is 0.287. The molecule has 0 bridgehead atoms. The quantitative estimate of drug-likeness (QED) is 0.537. The highest BCUT2D eigenvalue weighted by Crippen LogP contribution is 2.28. The number of amides is 1. The van der Waals surface area contributed by atoms with Crippen molar-refractivity contribution >= 4 is 28.9 Å². The average Bonchev–Trinajstić information content (AvgIpc) is 2.72. The Hall–Kier alpha value is -3.25. The summed E-state index contributed by atoms with van der Waals surface area (Å²) in [7, 11) is 1.52. The topological polar surface area (TPSA) is 59.6 Å². The van der Waals surface area contributed by atoms with Gasteiger partial charge in [-0.15, -0.1) is 0 Å². The molecular weight excluding hydrogens is 395 g/mol. The predicted molar refractivity (Wildman–Crippen MR) is 112 cm³/mol. The number of nitrogens with one attached hydrogen (secondary N) is 2. The Kier molecular flexibility index (Phi) is 6.92. The third-order valence-corrected chi connectivity index (χ3v) is 4.29. The molecule has 0 spiro atoms. The Morgan fingerprint density at radius 3 is 2.62 bits per heavy atom. The van der Waals surface area contributed by atoms with E-state index < -0.39 is 11.7 Å². The van der Waals surface area contributed by atoms with Gasteiger partial charge in [0, 0.05) is 17.3 Å². The fourth-order valence-corrected chi connectivity index (χ4v) is 2.83. The van der Waals surface area contributed by atoms with E-state index in [0.29, 0.717) is 23.1 Å². The zero-order valence-corrected chi connectivity index (χ0v) is 16.5. The first kappa shape index (κ1) is 20.5. The minimum atomic E-state index is -0.505. The Bertz CT molecular complexity index is 997. The molecule has 0 heterocycles. The molecule has 3 aromatic carbocycles. The van der Waals surface area contributed by atoms with Crippen molar-refractivity contribution in [1.29, 1.82) is 0 Å². The van der Waals surface area contributed by atoms with Gasteiger partial charge < -0.3 is 20.1 Å². The lowest BCUT2D eigenvalue weighted by Crippen LogP contribution is -2.21. The van der Waals surface area contributed by atoms with Gasteiger partial charge in [0.05, 0.1) is 12.8 Å². The van der Waals surface area contributed by atoms with Crippen molar-refractivity contribution in [2.24, 2.45) is 0 Å². The maximum Gasteiger partial charge on any atom is 0.262 e. The molecule has 29 heavy (non-hydrogen) atoms. The summed E-state index contributed by atoms with van der Waals surface area (Å²) < 4.78 is 24.5. The number of para-hydroxylation sites is 1. The van der Waals surface area contributed by atoms with Crippen LogP contribution in [-0.2, 0) is 11.3 Å². The molecule has 5 nitrogen and oxygen atoms in total. The zero-order valence-electron chi connectivity index (χ0n) is 15.7. The maximum atomic E-state index is 13.6. The monoisotopic (exact) mass is 414 g/mol. The first-order chi connectivity index (χ1) is 14.0. The molecule has 1 amide bonds. The van der Waals surface area contributed by atoms with Crippen LogP contribution in [0.1, 0.15) is 5.56 Å². The van der Waals surface area contributed by atoms with Crippen molar-refractivity contribution in [3.05, 3.63) is 83.1 Å². The van der Waals surface area contributed by atoms with Gasteiger partial charge in [-0.3, -0.25) is 4.79 Å². The molecule has 0 saturated carbocycles. The third kappa shape index (κ3) is 5.86. The molecule has 0 unspecified atom stereocenters. The fraction of sp³-hybridized carbons (Fsp3) is 0.136. The highest BCUT2D eigenvalue weighted by molar-refractivity contribution is 6.30. The summed E-state index contributed by atoms with van der Waals surface area (Å²) in [4.78, 5) is 12.0. The van der Waals surface area contributed by atoms with Gasteiger partial charge in [0.15, 0.2) is 18.1 Å². The van der Waals surface area contributed by atoms with E-state index in [1.807, 2.05) is 36.4 Å². The van der Waals surface area contributed by atoms with Crippen molar-refractivity contribution in [2.45, 2.75) is 6.54 Å². The van der Waals surface area contributed by atoms with Crippen LogP contribution in [0.15, 0.2) is 66.7 Å². The minimum absolute atomic E-state index is 0.107. The molecule has 7 heteroatoms. The van der Waals surface area contributed by atoms with Crippen LogP contribution in [0.5, 0.6) is 11.5 Å². The number of carbonyl (C=O) groups excluding carboxylic acids is 1. The number of benzene rings is 3. The van der Waals surface area contributed by atoms with Crippen LogP contribution in [0, 0.1) is 5.82 Å². The number of hydrogen-bond donors (Lipinski definition) is 2. The summed E-state index contributed by atoms with van der Waals surface area (Å²) in [5.41, 5.74) is 1.97. The Labute approximate surface area is 173 Å². The van der Waals surface area contributed by atoms with Crippen LogP contribution in [-0.4, -0.2) is 19.6 Å². The molecule has 0 aliphatic carbocycles. The number of halogens is 2. The summed E-state index contributed by atoms with van der Waals surface area (Å²) in [6.07, 6.45) is 0. The SMILES string of the molecule is COc1cc(CNc2cccc(Cl)c2)ccc1OCC(=O)Nc1ccccc1F. The summed E-state index contributed by atoms with van der Waals surface area (Å²) in [5, 5.41) is 6.40. The predicted octanol–water partition coefficient (Wildman–Crippen LogP) is 5.12. The minimum Gasteiger partial charge on any atom is -0.493 e. The zero-order chi connectivity index (χ0) is 20.6. The van der Waals surface area contributed by atoms with Gasteiger partial charge in [-0.2, -0.15) is 0 Å². The van der Waals surface area contributed by atoms with E-state index in [9.17, 15) is 9.18 Å². The van der Waals surface area contributed by atoms with Crippen LogP contribution in [0.4, 0.5) is 15.8 Å². The van der Waals surface area contributed by atoms with Crippen molar-refractivity contribution < 1.29 is 18.7 Å². The number of carbonyl (C=O) groups is 1. The van der Waals surface area contributed by atoms with Crippen LogP contribution in [0.3, 0.4) is 0 Å². The largest absolute Gasteiger partial charge is 0.493 e. The second-order valence-electron chi connectivity index (χ2n) is 6.17. The van der Waals surface area contributed by atoms with Gasteiger partial charge in [-0.25, -0.2) is 4.39 Å². The van der Waals surface area contributed by atoms with E-state index in [2.05, 4.69) is 10.6 Å². The van der Waals surface area contributed by atoms with Crippen molar-refractivity contribution in [1.82, 2.24) is 0 Å². The van der Waals surface area contributed by atoms with Crippen LogP contribution < -0.4 is 20.1 Å². The lowest BCUT2D eigenvalue weighted by Gasteiger charge is -2.13. The van der Waals surface area contributed by atoms with E-state index in [1.165, 1.54) is 19.2 Å². The van der Waals surface area contributed by atoms with Gasteiger partial charge in [0.1, 0.15) is 5.82 Å². The molecule has 0 saturated heterocycles. The fourth-order valence-electron chi connectivity index (χ4n) is 2.64. The van der Waals surface area contributed by atoms with E-state index in [1.54, 1.807) is 18.2 Å². The normalized spacial score (nSPS) is 10.3. The molecule has 150 valence electrons. The van der Waals surface area contributed by atoms with Crippen LogP contribution in [0.25, 0.3) is 0 Å². The van der Waals surface area contributed by atoms with Gasteiger partial charge in [-0.05, 0) is 48.0 Å². The summed E-state index contributed by atoms with van der Waals surface area (Å²) in [6, 6.07) is 18.8. The number of ether oxygens (including phenoxy) is 2. The number of anilines is 2. The third-order valence-electron chi connectivity index (χ3n) is 4.06. The molecule has 3 aromatic rings. The number of methoxy groups -OCH3 is 1. The second kappa shape index (κ2) is 9.80. The van der Waals surface area contributed by atoms with Crippen molar-refractivity contribution in [2.75, 3.05) is 24.4 Å². The molecular formula is C22H20ClFN2O3. The van der Waals surface area contributed by atoms with Crippen LogP contribution >= 0.6 is 11.6 Å². The number of rotatable bonds is 8. The van der Waals surface area contributed by atoms with Gasteiger partial charge in [-0.1, -0.05) is 35.9 Å². The van der Waals surface area contributed by atoms with Gasteiger partial charge in [0.2, 0.25) is 0 Å². The number of hydrogen-bond acceptors (Lipinski definition) is 4. The Morgan fingerprint density at radius 1 is 1.03 bits per heavy atom. The van der Waals surface area contributed by atoms with E-state index in [-0.39, 0.29) is 12.3 Å². The molecule has 0 aromatic heterocycles. The van der Waals surface area contributed by atoms with E-state index >= 15 is 0 Å². The average molecular weight is 415 g/mol. The molecule has 0 atom stereocenters. The summed E-state index contributed by atoms with van der Waals surface area (Å²) >= 11 is 5.99. The first-order valence-corrected chi connectivity index (χ1v) is 9.26.